The van der Waals surface area contributed by atoms with Crippen LogP contribution in [0.5, 0.6) is 5.75 Å². The summed E-state index contributed by atoms with van der Waals surface area (Å²) < 4.78 is 296. The van der Waals surface area contributed by atoms with Crippen LogP contribution in [0.4, 0.5) is 87.8 Å². The summed E-state index contributed by atoms with van der Waals surface area (Å²) in [5.41, 5.74) is -14.3. The molecule has 0 amide bonds. The van der Waals surface area contributed by atoms with E-state index in [0.717, 1.165) is 4.90 Å². The number of halogens is 20. The van der Waals surface area contributed by atoms with Gasteiger partial charge in [0.05, 0.1) is 17.3 Å². The highest BCUT2D eigenvalue weighted by molar-refractivity contribution is 7.80. The molecule has 3 nitrogen and oxygen atoms in total. The molecule has 59 heavy (non-hydrogen) atoms. The van der Waals surface area contributed by atoms with Gasteiger partial charge in [-0.2, -0.15) is 0 Å². The van der Waals surface area contributed by atoms with Crippen molar-refractivity contribution in [3.05, 3.63) is 165 Å². The van der Waals surface area contributed by atoms with Crippen LogP contribution in [0.1, 0.15) is 0 Å². The summed E-state index contributed by atoms with van der Waals surface area (Å²) in [6, 6.07) is 7.54. The first-order valence-electron chi connectivity index (χ1n) is 15.1. The molecule has 25 heteroatoms. The van der Waals surface area contributed by atoms with Crippen LogP contribution < -0.4 is 31.4 Å². The molecule has 0 spiro atoms. The zero-order valence-electron chi connectivity index (χ0n) is 27.5. The van der Waals surface area contributed by atoms with E-state index in [-0.39, 0.29) is 0 Å². The third-order valence-corrected chi connectivity index (χ3v) is 8.74. The normalized spacial score (nSPS) is 11.5. The molecule has 5 aromatic carbocycles. The number of rotatable bonds is 6. The van der Waals surface area contributed by atoms with Crippen molar-refractivity contribution >= 4 is 40.6 Å². The maximum absolute atomic E-state index is 15.4. The van der Waals surface area contributed by atoms with E-state index in [1.54, 1.807) is 29.5 Å². The molecule has 0 aliphatic rings. The number of nitrogens with zero attached hydrogens (tertiary/aromatic N) is 2. The number of hydrogen-bond donors (Lipinski definition) is 1. The van der Waals surface area contributed by atoms with E-state index in [9.17, 15) is 52.7 Å². The summed E-state index contributed by atoms with van der Waals surface area (Å²) in [4.78, 5) is 10.2. The van der Waals surface area contributed by atoms with Gasteiger partial charge >= 0.3 is 0 Å². The molecule has 1 aromatic heterocycles. The minimum atomic E-state index is -7.22. The van der Waals surface area contributed by atoms with Crippen LogP contribution in [-0.4, -0.2) is 11.1 Å². The zero-order valence-corrected chi connectivity index (χ0v) is 28.4. The molecule has 6 rings (SSSR count). The van der Waals surface area contributed by atoms with Gasteiger partial charge in [0.1, 0.15) is 52.7 Å². The predicted octanol–water partition coefficient (Wildman–Crippen LogP) is 7.35. The molecule has 0 aliphatic heterocycles. The first-order valence-corrected chi connectivity index (χ1v) is 15.5. The van der Waals surface area contributed by atoms with Gasteiger partial charge in [-0.25, -0.2) is 92.6 Å². The second-order valence-corrected chi connectivity index (χ2v) is 11.9. The van der Waals surface area contributed by atoms with Gasteiger partial charge in [-0.15, -0.1) is 34.5 Å². The van der Waals surface area contributed by atoms with Gasteiger partial charge in [0, 0.05) is 4.73 Å². The quantitative estimate of drug-likeness (QED) is 0.0474. The van der Waals surface area contributed by atoms with Crippen LogP contribution in [0, 0.1) is 116 Å². The van der Waals surface area contributed by atoms with E-state index < -0.39 is 144 Å². The van der Waals surface area contributed by atoms with Crippen molar-refractivity contribution in [2.75, 3.05) is 0 Å². The predicted molar refractivity (Wildman–Crippen MR) is 163 cm³/mol. The molecule has 0 saturated carbocycles. The molecule has 0 atom stereocenters. The van der Waals surface area contributed by atoms with Gasteiger partial charge in [-0.3, -0.25) is 4.98 Å². The molecule has 0 saturated heterocycles. The number of aromatic nitrogens is 2. The minimum absolute atomic E-state index is 0.715. The minimum Gasteiger partial charge on any atom is -0.252 e. The van der Waals surface area contributed by atoms with Gasteiger partial charge in [0.2, 0.25) is 18.1 Å². The molecule has 0 aliphatic carbocycles. The van der Waals surface area contributed by atoms with E-state index in [1.165, 1.54) is 0 Å². The van der Waals surface area contributed by atoms with Crippen molar-refractivity contribution < 1.29 is 97.4 Å². The lowest BCUT2D eigenvalue weighted by Crippen LogP contribution is -2.81. The van der Waals surface area contributed by atoms with Crippen LogP contribution in [0.15, 0.2) is 53.9 Å². The van der Waals surface area contributed by atoms with Gasteiger partial charge in [-0.05, 0) is 12.1 Å². The summed E-state index contributed by atoms with van der Waals surface area (Å²) >= 11 is 4.27. The molecule has 0 fully saturated rings. The SMILES string of the molecule is Fc1c(F)c(F)c([B-](c2c(F)c(F)c(F)c(F)c2F)(c2c(F)c(F)c(F)c(F)c2F)c2c(F)c(F)c(F)c(F)c2F)c(F)c1F.Sc1ccccc1O[n+]1ccncc1. The summed E-state index contributed by atoms with van der Waals surface area (Å²) in [6.07, 6.45) is -0.464. The van der Waals surface area contributed by atoms with E-state index in [2.05, 4.69) is 17.6 Å². The monoisotopic (exact) mass is 884 g/mol. The Labute approximate surface area is 319 Å². The molecule has 1 heterocycles. The van der Waals surface area contributed by atoms with E-state index in [4.69, 9.17) is 4.84 Å². The van der Waals surface area contributed by atoms with Crippen molar-refractivity contribution in [3.63, 3.8) is 0 Å². The van der Waals surface area contributed by atoms with Crippen LogP contribution >= 0.6 is 12.6 Å². The fraction of sp³-hybridized carbons (Fsp3) is 0. The molecule has 310 valence electrons. The summed E-state index contributed by atoms with van der Waals surface area (Å²) in [7, 11) is 0. The maximum atomic E-state index is 15.4. The molecule has 0 unspecified atom stereocenters. The van der Waals surface area contributed by atoms with Gasteiger partial charge < -0.3 is 0 Å². The lowest BCUT2D eigenvalue weighted by molar-refractivity contribution is -0.876. The second-order valence-electron chi connectivity index (χ2n) is 11.5. The lowest BCUT2D eigenvalue weighted by Gasteiger charge is -2.44. The summed E-state index contributed by atoms with van der Waals surface area (Å²) in [5.74, 6) is -70.7. The Balaban J connectivity index is 0.000000395. The second kappa shape index (κ2) is 16.3. The first-order chi connectivity index (χ1) is 27.6. The lowest BCUT2D eigenvalue weighted by atomic mass is 9.12. The van der Waals surface area contributed by atoms with E-state index in [1.807, 2.05) is 24.3 Å². The van der Waals surface area contributed by atoms with Crippen molar-refractivity contribution in [1.29, 1.82) is 0 Å². The molecule has 0 bridgehead atoms. The third kappa shape index (κ3) is 6.92. The Morgan fingerprint density at radius 1 is 0.373 bits per heavy atom. The number of benzene rings is 5. The fourth-order valence-electron chi connectivity index (χ4n) is 5.89. The van der Waals surface area contributed by atoms with Gasteiger partial charge in [0.15, 0.2) is 69.8 Å². The third-order valence-electron chi connectivity index (χ3n) is 8.38. The molecule has 6 aromatic rings. The fourth-order valence-corrected chi connectivity index (χ4v) is 6.09. The Hall–Kier alpha value is -6.01. The van der Waals surface area contributed by atoms with E-state index >= 15 is 35.1 Å². The Kier molecular flexibility index (Phi) is 12.2. The Morgan fingerprint density at radius 2 is 0.610 bits per heavy atom. The van der Waals surface area contributed by atoms with Crippen molar-refractivity contribution in [3.8, 4) is 5.75 Å². The number of para-hydroxylation sites is 1. The average Bonchev–Trinajstić information content (AvgIpc) is 3.22. The van der Waals surface area contributed by atoms with Gasteiger partial charge in [0.25, 0.3) is 0 Å². The van der Waals surface area contributed by atoms with Crippen LogP contribution in [0.25, 0.3) is 0 Å². The molecule has 0 N–H and O–H groups in total. The first kappa shape index (κ1) is 44.1. The van der Waals surface area contributed by atoms with Crippen LogP contribution in [0.2, 0.25) is 0 Å². The summed E-state index contributed by atoms with van der Waals surface area (Å²) in [6.45, 7) is 0. The van der Waals surface area contributed by atoms with Gasteiger partial charge in [-0.1, -0.05) is 12.1 Å². The zero-order chi connectivity index (χ0) is 44.2. The smallest absolute Gasteiger partial charge is 0.241 e. The molecular weight excluding hydrogens is 875 g/mol. The Morgan fingerprint density at radius 3 is 0.864 bits per heavy atom. The molecular formula is C34H9BF20N2OS. The largest absolute Gasteiger partial charge is 0.252 e. The standard InChI is InChI=1S/C24BF20.C10H8N2OS/c26-5-1(6(27)14(35)21(42)13(5)34)25(2-7(28)15(36)22(43)16(37)8(2)29,3-9(30)17(38)23(44)18(39)10(3)31)4-11(32)19(40)24(45)20(41)12(4)33;14-10-4-2-1-3-9(10)13-12-7-5-11-6-8-12/h;1-8H/q-1;/p+1. The average molecular weight is 884 g/mol. The number of hydrogen-bond acceptors (Lipinski definition) is 3. The maximum Gasteiger partial charge on any atom is 0.241 e. The van der Waals surface area contributed by atoms with Crippen LogP contribution in [0.3, 0.4) is 0 Å². The summed E-state index contributed by atoms with van der Waals surface area (Å²) in [5, 5.41) is 0. The Bertz CT molecular complexity index is 2290. The highest BCUT2D eigenvalue weighted by Crippen LogP contribution is 2.31. The van der Waals surface area contributed by atoms with Crippen molar-refractivity contribution in [2.45, 2.75) is 4.90 Å². The van der Waals surface area contributed by atoms with Crippen LogP contribution in [-0.2, 0) is 0 Å². The highest BCUT2D eigenvalue weighted by Gasteiger charge is 2.52. The topological polar surface area (TPSA) is 26.0 Å². The van der Waals surface area contributed by atoms with Crippen molar-refractivity contribution in [1.82, 2.24) is 4.98 Å². The van der Waals surface area contributed by atoms with E-state index in [0.29, 0.717) is 5.75 Å². The molecule has 0 radical (unpaired) electrons. The number of thiol groups is 1. The van der Waals surface area contributed by atoms with Crippen molar-refractivity contribution in [2.24, 2.45) is 0 Å². The highest BCUT2D eigenvalue weighted by atomic mass is 32.1.